The third-order valence-electron chi connectivity index (χ3n) is 5.19. The molecule has 8 heteroatoms. The van der Waals surface area contributed by atoms with E-state index in [9.17, 15) is 9.59 Å². The van der Waals surface area contributed by atoms with Crippen LogP contribution in [0.5, 0.6) is 0 Å². The van der Waals surface area contributed by atoms with Crippen molar-refractivity contribution in [3.8, 4) is 0 Å². The molecular weight excluding hydrogens is 416 g/mol. The number of amides is 2. The van der Waals surface area contributed by atoms with Crippen molar-refractivity contribution < 1.29 is 9.59 Å². The predicted molar refractivity (Wildman–Crippen MR) is 126 cm³/mol. The molecule has 5 rings (SSSR count). The van der Waals surface area contributed by atoms with Gasteiger partial charge in [0.05, 0.1) is 29.3 Å². The van der Waals surface area contributed by atoms with Gasteiger partial charge in [-0.1, -0.05) is 59.8 Å². The van der Waals surface area contributed by atoms with E-state index in [1.807, 2.05) is 78.9 Å². The van der Waals surface area contributed by atoms with Crippen LogP contribution in [-0.4, -0.2) is 31.8 Å². The molecule has 0 aliphatic heterocycles. The summed E-state index contributed by atoms with van der Waals surface area (Å²) in [5.74, 6) is -0.433. The number of hydrogen-bond acceptors (Lipinski definition) is 5. The summed E-state index contributed by atoms with van der Waals surface area (Å²) < 4.78 is 1.44. The molecular formula is C25H20N6O2. The van der Waals surface area contributed by atoms with E-state index in [4.69, 9.17) is 0 Å². The Labute approximate surface area is 189 Å². The summed E-state index contributed by atoms with van der Waals surface area (Å²) in [6.45, 7) is 0.208. The quantitative estimate of drug-likeness (QED) is 0.397. The van der Waals surface area contributed by atoms with Gasteiger partial charge >= 0.3 is 0 Å². The maximum Gasteiger partial charge on any atom is 0.252 e. The molecule has 0 aliphatic rings. The number of carbonyl (C=O) groups excluding carboxylic acids is 2. The first-order valence-electron chi connectivity index (χ1n) is 10.5. The van der Waals surface area contributed by atoms with Gasteiger partial charge in [0.25, 0.3) is 5.91 Å². The molecule has 5 aromatic rings. The van der Waals surface area contributed by atoms with Crippen molar-refractivity contribution in [2.45, 2.75) is 13.1 Å². The number of anilines is 1. The van der Waals surface area contributed by atoms with Gasteiger partial charge in [-0.2, -0.15) is 0 Å². The maximum atomic E-state index is 13.2. The van der Waals surface area contributed by atoms with E-state index in [1.54, 1.807) is 6.20 Å². The highest BCUT2D eigenvalue weighted by Gasteiger charge is 2.16. The van der Waals surface area contributed by atoms with E-state index >= 15 is 0 Å². The van der Waals surface area contributed by atoms with Crippen molar-refractivity contribution in [3.63, 3.8) is 0 Å². The normalized spacial score (nSPS) is 10.9. The predicted octanol–water partition coefficient (Wildman–Crippen LogP) is 3.55. The average Bonchev–Trinajstić information content (AvgIpc) is 3.28. The van der Waals surface area contributed by atoms with Crippen LogP contribution >= 0.6 is 0 Å². The van der Waals surface area contributed by atoms with Gasteiger partial charge in [-0.15, -0.1) is 5.10 Å². The molecule has 0 radical (unpaired) electrons. The standard InChI is InChI=1S/C25H20N6O2/c32-23(27-17-8-2-1-3-9-17)16-31-15-18(29-30-31)14-26-25(33)24-19-10-4-6-12-21(19)28-22-13-7-5-11-20(22)24/h1-13,15H,14,16H2,(H,26,33)(H,27,32). The van der Waals surface area contributed by atoms with Crippen LogP contribution in [0.4, 0.5) is 5.69 Å². The van der Waals surface area contributed by atoms with Gasteiger partial charge in [0.2, 0.25) is 5.91 Å². The van der Waals surface area contributed by atoms with E-state index in [0.29, 0.717) is 16.9 Å². The van der Waals surface area contributed by atoms with Crippen LogP contribution in [0, 0.1) is 0 Å². The Kier molecular flexibility index (Phi) is 5.47. The van der Waals surface area contributed by atoms with Crippen LogP contribution in [-0.2, 0) is 17.9 Å². The highest BCUT2D eigenvalue weighted by Crippen LogP contribution is 2.25. The third-order valence-corrected chi connectivity index (χ3v) is 5.19. The smallest absolute Gasteiger partial charge is 0.252 e. The monoisotopic (exact) mass is 436 g/mol. The zero-order chi connectivity index (χ0) is 22.6. The van der Waals surface area contributed by atoms with Gasteiger partial charge in [0.15, 0.2) is 0 Å². The average molecular weight is 436 g/mol. The second-order valence-electron chi connectivity index (χ2n) is 7.53. The molecule has 0 bridgehead atoms. The number of carbonyl (C=O) groups is 2. The summed E-state index contributed by atoms with van der Waals surface area (Å²) in [5, 5.41) is 15.4. The molecule has 0 aliphatic carbocycles. The van der Waals surface area contributed by atoms with E-state index < -0.39 is 0 Å². The number of nitrogens with zero attached hydrogens (tertiary/aromatic N) is 4. The van der Waals surface area contributed by atoms with Gasteiger partial charge in [-0.3, -0.25) is 9.59 Å². The zero-order valence-corrected chi connectivity index (χ0v) is 17.6. The number of pyridine rings is 1. The lowest BCUT2D eigenvalue weighted by Crippen LogP contribution is -2.23. The Balaban J connectivity index is 1.30. The van der Waals surface area contributed by atoms with Gasteiger partial charge in [-0.25, -0.2) is 9.67 Å². The van der Waals surface area contributed by atoms with Crippen molar-refractivity contribution in [2.24, 2.45) is 0 Å². The SMILES string of the molecule is O=C(Cn1cc(CNC(=O)c2c3ccccc3nc3ccccc23)nn1)Nc1ccccc1. The Morgan fingerprint density at radius 1 is 0.818 bits per heavy atom. The number of hydrogen-bond donors (Lipinski definition) is 2. The highest BCUT2D eigenvalue weighted by atomic mass is 16.2. The minimum atomic E-state index is -0.221. The molecule has 0 fully saturated rings. The first kappa shape index (κ1) is 20.3. The molecule has 162 valence electrons. The molecule has 2 heterocycles. The minimum Gasteiger partial charge on any atom is -0.346 e. The Morgan fingerprint density at radius 2 is 1.45 bits per heavy atom. The first-order valence-corrected chi connectivity index (χ1v) is 10.5. The van der Waals surface area contributed by atoms with Crippen molar-refractivity contribution in [1.29, 1.82) is 0 Å². The lowest BCUT2D eigenvalue weighted by Gasteiger charge is -2.10. The second kappa shape index (κ2) is 8.88. The molecule has 8 nitrogen and oxygen atoms in total. The van der Waals surface area contributed by atoms with Crippen molar-refractivity contribution in [2.75, 3.05) is 5.32 Å². The molecule has 33 heavy (non-hydrogen) atoms. The first-order chi connectivity index (χ1) is 16.2. The van der Waals surface area contributed by atoms with Crippen molar-refractivity contribution in [3.05, 3.63) is 96.3 Å². The number of rotatable bonds is 6. The van der Waals surface area contributed by atoms with Crippen LogP contribution in [0.2, 0.25) is 0 Å². The largest absolute Gasteiger partial charge is 0.346 e. The second-order valence-corrected chi connectivity index (χ2v) is 7.53. The van der Waals surface area contributed by atoms with Gasteiger partial charge < -0.3 is 10.6 Å². The number of aromatic nitrogens is 4. The number of fused-ring (bicyclic) bond motifs is 2. The lowest BCUT2D eigenvalue weighted by atomic mass is 10.0. The number of nitrogens with one attached hydrogen (secondary N) is 2. The fraction of sp³-hybridized carbons (Fsp3) is 0.0800. The molecule has 0 spiro atoms. The number of benzene rings is 3. The van der Waals surface area contributed by atoms with E-state index in [0.717, 1.165) is 21.8 Å². The summed E-state index contributed by atoms with van der Waals surface area (Å²) >= 11 is 0. The van der Waals surface area contributed by atoms with Crippen LogP contribution in [0.15, 0.2) is 85.1 Å². The molecule has 0 atom stereocenters. The van der Waals surface area contributed by atoms with Crippen molar-refractivity contribution >= 4 is 39.3 Å². The summed E-state index contributed by atoms with van der Waals surface area (Å²) in [4.78, 5) is 30.0. The molecule has 0 unspecified atom stereocenters. The molecule has 2 N–H and O–H groups in total. The number of para-hydroxylation sites is 3. The zero-order valence-electron chi connectivity index (χ0n) is 17.6. The molecule has 0 saturated heterocycles. The molecule has 2 aromatic heterocycles. The maximum absolute atomic E-state index is 13.2. The fourth-order valence-electron chi connectivity index (χ4n) is 3.71. The molecule has 0 saturated carbocycles. The summed E-state index contributed by atoms with van der Waals surface area (Å²) in [6.07, 6.45) is 1.65. The minimum absolute atomic E-state index is 0.0233. The third kappa shape index (κ3) is 4.40. The van der Waals surface area contributed by atoms with Gasteiger partial charge in [0.1, 0.15) is 12.2 Å². The van der Waals surface area contributed by atoms with E-state index in [2.05, 4.69) is 25.9 Å². The summed E-state index contributed by atoms with van der Waals surface area (Å²) in [6, 6.07) is 24.4. The highest BCUT2D eigenvalue weighted by molar-refractivity contribution is 6.16. The van der Waals surface area contributed by atoms with E-state index in [1.165, 1.54) is 4.68 Å². The topological polar surface area (TPSA) is 102 Å². The Morgan fingerprint density at radius 3 is 2.15 bits per heavy atom. The fourth-order valence-corrected chi connectivity index (χ4v) is 3.71. The lowest BCUT2D eigenvalue weighted by molar-refractivity contribution is -0.116. The molecule has 3 aromatic carbocycles. The summed E-state index contributed by atoms with van der Waals surface area (Å²) in [5.41, 5.74) is 3.37. The van der Waals surface area contributed by atoms with Crippen LogP contribution in [0.1, 0.15) is 16.1 Å². The van der Waals surface area contributed by atoms with Gasteiger partial charge in [0, 0.05) is 16.5 Å². The van der Waals surface area contributed by atoms with Gasteiger partial charge in [-0.05, 0) is 24.3 Å². The summed E-state index contributed by atoms with van der Waals surface area (Å²) in [7, 11) is 0. The van der Waals surface area contributed by atoms with Crippen LogP contribution in [0.3, 0.4) is 0 Å². The van der Waals surface area contributed by atoms with E-state index in [-0.39, 0.29) is 24.9 Å². The Bertz CT molecular complexity index is 1410. The van der Waals surface area contributed by atoms with Crippen LogP contribution in [0.25, 0.3) is 21.8 Å². The van der Waals surface area contributed by atoms with Crippen molar-refractivity contribution in [1.82, 2.24) is 25.3 Å². The van der Waals surface area contributed by atoms with Crippen LogP contribution < -0.4 is 10.6 Å². The Hall–Kier alpha value is -4.59. The molecule has 2 amide bonds.